The number of amides is 2. The summed E-state index contributed by atoms with van der Waals surface area (Å²) < 4.78 is 5.08. The van der Waals surface area contributed by atoms with Crippen molar-refractivity contribution in [2.45, 2.75) is 18.0 Å². The number of nitrogens with one attached hydrogen (secondary N) is 1. The van der Waals surface area contributed by atoms with Gasteiger partial charge in [0.25, 0.3) is 0 Å². The number of carboxylic acid groups (broad SMARTS) is 1. The van der Waals surface area contributed by atoms with Crippen molar-refractivity contribution in [1.29, 1.82) is 0 Å². The van der Waals surface area contributed by atoms with E-state index in [2.05, 4.69) is 5.32 Å². The average Bonchev–Trinajstić information content (AvgIpc) is 3.17. The lowest BCUT2D eigenvalue weighted by atomic mass is 10.1. The van der Waals surface area contributed by atoms with E-state index in [1.807, 2.05) is 60.7 Å². The number of hydrogen-bond acceptors (Lipinski definition) is 5. The maximum absolute atomic E-state index is 12.7. The van der Waals surface area contributed by atoms with Crippen molar-refractivity contribution in [2.75, 3.05) is 12.3 Å². The topological polar surface area (TPSA) is 95.9 Å². The molecule has 1 aliphatic heterocycles. The average molecular weight is 400 g/mol. The molecular weight excluding hydrogens is 380 g/mol. The molecule has 1 unspecified atom stereocenters. The molecular formula is C20H20N2O5S. The predicted octanol–water partition coefficient (Wildman–Crippen LogP) is 2.64. The first-order valence-electron chi connectivity index (χ1n) is 8.71. The molecule has 2 amide bonds. The fraction of sp³-hybridized carbons (Fsp3) is 0.250. The van der Waals surface area contributed by atoms with E-state index in [1.54, 1.807) is 0 Å². The second-order valence-corrected chi connectivity index (χ2v) is 7.28. The molecule has 7 nitrogen and oxygen atoms in total. The van der Waals surface area contributed by atoms with Crippen LogP contribution in [-0.4, -0.2) is 46.3 Å². The molecule has 1 heterocycles. The highest BCUT2D eigenvalue weighted by Gasteiger charge is 2.42. The first-order valence-corrected chi connectivity index (χ1v) is 9.76. The molecule has 28 heavy (non-hydrogen) atoms. The fourth-order valence-electron chi connectivity index (χ4n) is 2.89. The van der Waals surface area contributed by atoms with Crippen LogP contribution in [0.3, 0.4) is 0 Å². The van der Waals surface area contributed by atoms with Gasteiger partial charge in [0.15, 0.2) is 0 Å². The van der Waals surface area contributed by atoms with Crippen LogP contribution in [0.4, 0.5) is 4.79 Å². The number of hydrogen-bond donors (Lipinski definition) is 2. The molecule has 8 heteroatoms. The number of carbonyl (C=O) groups excluding carboxylic acids is 2. The quantitative estimate of drug-likeness (QED) is 0.774. The number of carboxylic acids is 1. The van der Waals surface area contributed by atoms with Crippen molar-refractivity contribution in [3.63, 3.8) is 0 Å². The largest absolute Gasteiger partial charge is 0.480 e. The van der Waals surface area contributed by atoms with Crippen LogP contribution in [0, 0.1) is 0 Å². The standard InChI is InChI=1S/C20H20N2O5S/c23-17(11-21-20(26)27-12-14-7-3-1-4-8-14)22-16(19(24)25)13-28-18(22)15-9-5-2-6-10-15/h1-10,16,18H,11-13H2,(H,21,26)(H,24,25)/t16-,18?/m0/s1. The van der Waals surface area contributed by atoms with Gasteiger partial charge in [0.05, 0.1) is 0 Å². The van der Waals surface area contributed by atoms with E-state index in [0.29, 0.717) is 5.75 Å². The van der Waals surface area contributed by atoms with Gasteiger partial charge in [-0.15, -0.1) is 11.8 Å². The number of nitrogens with zero attached hydrogens (tertiary/aromatic N) is 1. The van der Waals surface area contributed by atoms with Gasteiger partial charge in [-0.25, -0.2) is 9.59 Å². The summed E-state index contributed by atoms with van der Waals surface area (Å²) in [7, 11) is 0. The van der Waals surface area contributed by atoms with Crippen molar-refractivity contribution in [3.8, 4) is 0 Å². The summed E-state index contributed by atoms with van der Waals surface area (Å²) in [5.41, 5.74) is 1.67. The summed E-state index contributed by atoms with van der Waals surface area (Å²) in [6, 6.07) is 17.5. The molecule has 2 aromatic rings. The Morgan fingerprint density at radius 1 is 1.07 bits per heavy atom. The Morgan fingerprint density at radius 2 is 1.71 bits per heavy atom. The first-order chi connectivity index (χ1) is 13.6. The van der Waals surface area contributed by atoms with Gasteiger partial charge in [-0.05, 0) is 11.1 Å². The Morgan fingerprint density at radius 3 is 2.36 bits per heavy atom. The highest BCUT2D eigenvalue weighted by molar-refractivity contribution is 7.99. The summed E-state index contributed by atoms with van der Waals surface area (Å²) in [5.74, 6) is -1.24. The molecule has 0 aliphatic carbocycles. The summed E-state index contributed by atoms with van der Waals surface area (Å²) in [6.45, 7) is -0.244. The van der Waals surface area contributed by atoms with Crippen LogP contribution >= 0.6 is 11.8 Å². The zero-order chi connectivity index (χ0) is 19.9. The number of benzene rings is 2. The Kier molecular flexibility index (Phi) is 6.54. The van der Waals surface area contributed by atoms with Crippen LogP contribution in [-0.2, 0) is 20.9 Å². The van der Waals surface area contributed by atoms with Crippen LogP contribution in [0.2, 0.25) is 0 Å². The van der Waals surface area contributed by atoms with Gasteiger partial charge in [-0.3, -0.25) is 4.79 Å². The van der Waals surface area contributed by atoms with Crippen molar-refractivity contribution < 1.29 is 24.2 Å². The number of alkyl carbamates (subject to hydrolysis) is 1. The van der Waals surface area contributed by atoms with E-state index in [1.165, 1.54) is 16.7 Å². The van der Waals surface area contributed by atoms with Gasteiger partial charge in [0, 0.05) is 5.75 Å². The van der Waals surface area contributed by atoms with Crippen molar-refractivity contribution in [1.82, 2.24) is 10.2 Å². The second kappa shape index (κ2) is 9.27. The molecule has 0 saturated carbocycles. The van der Waals surface area contributed by atoms with Crippen LogP contribution in [0.25, 0.3) is 0 Å². The van der Waals surface area contributed by atoms with Crippen molar-refractivity contribution in [3.05, 3.63) is 71.8 Å². The molecule has 0 aromatic heterocycles. The van der Waals surface area contributed by atoms with E-state index in [4.69, 9.17) is 4.74 Å². The monoisotopic (exact) mass is 400 g/mol. The Hall–Kier alpha value is -3.00. The van der Waals surface area contributed by atoms with E-state index < -0.39 is 29.4 Å². The van der Waals surface area contributed by atoms with Gasteiger partial charge in [0.2, 0.25) is 5.91 Å². The van der Waals surface area contributed by atoms with Gasteiger partial charge in [-0.1, -0.05) is 60.7 Å². The molecule has 2 N–H and O–H groups in total. The minimum absolute atomic E-state index is 0.0881. The minimum atomic E-state index is -1.06. The van der Waals surface area contributed by atoms with Crippen LogP contribution < -0.4 is 5.32 Å². The SMILES string of the molecule is O=C(NCC(=O)N1C(c2ccccc2)SC[C@H]1C(=O)O)OCc1ccccc1. The maximum atomic E-state index is 12.7. The van der Waals surface area contributed by atoms with Crippen LogP contribution in [0.5, 0.6) is 0 Å². The lowest BCUT2D eigenvalue weighted by molar-refractivity contribution is -0.148. The minimum Gasteiger partial charge on any atom is -0.480 e. The van der Waals surface area contributed by atoms with Gasteiger partial charge in [0.1, 0.15) is 24.6 Å². The highest BCUT2D eigenvalue weighted by atomic mass is 32.2. The van der Waals surface area contributed by atoms with Crippen molar-refractivity contribution >= 4 is 29.7 Å². The Labute approximate surface area is 166 Å². The third-order valence-corrected chi connectivity index (χ3v) is 5.58. The van der Waals surface area contributed by atoms with Gasteiger partial charge >= 0.3 is 12.1 Å². The first kappa shape index (κ1) is 19.8. The normalized spacial score (nSPS) is 18.5. The summed E-state index contributed by atoms with van der Waals surface area (Å²) >= 11 is 1.39. The molecule has 0 radical (unpaired) electrons. The van der Waals surface area contributed by atoms with Crippen LogP contribution in [0.1, 0.15) is 16.5 Å². The fourth-order valence-corrected chi connectivity index (χ4v) is 4.33. The molecule has 1 aliphatic rings. The smallest absolute Gasteiger partial charge is 0.407 e. The maximum Gasteiger partial charge on any atom is 0.407 e. The highest BCUT2D eigenvalue weighted by Crippen LogP contribution is 2.41. The van der Waals surface area contributed by atoms with Crippen molar-refractivity contribution in [2.24, 2.45) is 0 Å². The predicted molar refractivity (Wildman–Crippen MR) is 105 cm³/mol. The van der Waals surface area contributed by atoms with E-state index >= 15 is 0 Å². The molecule has 2 atom stereocenters. The molecule has 0 bridgehead atoms. The molecule has 146 valence electrons. The molecule has 3 rings (SSSR count). The summed E-state index contributed by atoms with van der Waals surface area (Å²) in [6.07, 6.45) is -0.729. The Bertz CT molecular complexity index is 831. The summed E-state index contributed by atoms with van der Waals surface area (Å²) in [5, 5.41) is 11.5. The number of carbonyl (C=O) groups is 3. The van der Waals surface area contributed by atoms with Gasteiger partial charge in [-0.2, -0.15) is 0 Å². The summed E-state index contributed by atoms with van der Waals surface area (Å²) in [4.78, 5) is 37.5. The van der Waals surface area contributed by atoms with E-state index in [9.17, 15) is 19.5 Å². The molecule has 2 aromatic carbocycles. The molecule has 1 fully saturated rings. The second-order valence-electron chi connectivity index (χ2n) is 6.17. The molecule has 0 spiro atoms. The lowest BCUT2D eigenvalue weighted by Crippen LogP contribution is -2.47. The number of thioether (sulfide) groups is 1. The van der Waals surface area contributed by atoms with Gasteiger partial charge < -0.3 is 20.1 Å². The zero-order valence-electron chi connectivity index (χ0n) is 15.0. The van der Waals surface area contributed by atoms with Crippen LogP contribution in [0.15, 0.2) is 60.7 Å². The molecule has 1 saturated heterocycles. The Balaban J connectivity index is 1.60. The third-order valence-electron chi connectivity index (χ3n) is 4.25. The van der Waals surface area contributed by atoms with E-state index in [-0.39, 0.29) is 13.2 Å². The number of ether oxygens (including phenoxy) is 1. The number of rotatable bonds is 6. The lowest BCUT2D eigenvalue weighted by Gasteiger charge is -2.27. The van der Waals surface area contributed by atoms with E-state index in [0.717, 1.165) is 11.1 Å². The zero-order valence-corrected chi connectivity index (χ0v) is 15.8. The number of aliphatic carboxylic acids is 1. The third kappa shape index (κ3) is 4.83.